The molecule has 1 heterocycles. The Labute approximate surface area is 254 Å². The molecule has 2 aromatic carbocycles. The lowest BCUT2D eigenvalue weighted by Gasteiger charge is -2.12. The van der Waals surface area contributed by atoms with E-state index in [1.165, 1.54) is 43.9 Å². The van der Waals surface area contributed by atoms with Gasteiger partial charge in [0.05, 0.1) is 38.2 Å². The minimum absolute atomic E-state index is 0.156. The number of nitrogens with zero attached hydrogens (tertiary/aromatic N) is 1. The fourth-order valence-electron chi connectivity index (χ4n) is 4.28. The number of rotatable bonds is 9. The smallest absolute Gasteiger partial charge is 0.343 e. The second-order valence-electron chi connectivity index (χ2n) is 8.93. The number of aryl methyl sites for hydroxylation is 1. The number of hydrazone groups is 1. The van der Waals surface area contributed by atoms with Crippen LogP contribution in [0.25, 0.3) is 0 Å². The van der Waals surface area contributed by atoms with Gasteiger partial charge in [-0.3, -0.25) is 9.59 Å². The molecule has 0 saturated carbocycles. The molecule has 0 spiro atoms. The van der Waals surface area contributed by atoms with Gasteiger partial charge in [-0.05, 0) is 74.6 Å². The fraction of sp³-hybridized carbons (Fsp3) is 0.276. The summed E-state index contributed by atoms with van der Waals surface area (Å²) >= 11 is 4.63. The number of nitrogens with one attached hydrogen (secondary N) is 2. The molecule has 3 aromatic rings. The number of esters is 2. The number of methoxy groups -OCH3 is 2. The first-order valence-corrected chi connectivity index (χ1v) is 14.6. The first-order valence-electron chi connectivity index (χ1n) is 13.0. The molecule has 0 radical (unpaired) electrons. The Bertz CT molecular complexity index is 1550. The maximum absolute atomic E-state index is 12.8. The molecule has 1 aromatic heterocycles. The monoisotopic (exact) mass is 657 g/mol. The molecule has 1 aliphatic rings. The van der Waals surface area contributed by atoms with Crippen molar-refractivity contribution in [3.05, 3.63) is 68.0 Å². The van der Waals surface area contributed by atoms with Gasteiger partial charge < -0.3 is 24.3 Å². The maximum atomic E-state index is 12.8. The van der Waals surface area contributed by atoms with Crippen molar-refractivity contribution in [2.24, 2.45) is 5.10 Å². The van der Waals surface area contributed by atoms with Crippen molar-refractivity contribution in [3.63, 3.8) is 0 Å². The quantitative estimate of drug-likeness (QED) is 0.109. The summed E-state index contributed by atoms with van der Waals surface area (Å²) in [6, 6.07) is 9.45. The third kappa shape index (κ3) is 7.15. The number of carbonyl (C=O) groups is 4. The summed E-state index contributed by atoms with van der Waals surface area (Å²) < 4.78 is 21.8. The highest BCUT2D eigenvalue weighted by Gasteiger charge is 2.28. The lowest BCUT2D eigenvalue weighted by Crippen LogP contribution is -2.32. The van der Waals surface area contributed by atoms with E-state index in [1.807, 2.05) is 0 Å². The normalized spacial score (nSPS) is 12.3. The Balaban J connectivity index is 1.45. The first-order chi connectivity index (χ1) is 20.2. The molecule has 0 bridgehead atoms. The van der Waals surface area contributed by atoms with Crippen LogP contribution in [0.4, 0.5) is 5.00 Å². The Morgan fingerprint density at radius 3 is 2.43 bits per heavy atom. The number of amides is 2. The van der Waals surface area contributed by atoms with Crippen molar-refractivity contribution >= 4 is 62.2 Å². The minimum Gasteiger partial charge on any atom is -0.493 e. The molecule has 2 N–H and O–H groups in total. The van der Waals surface area contributed by atoms with Gasteiger partial charge in [-0.25, -0.2) is 15.0 Å². The summed E-state index contributed by atoms with van der Waals surface area (Å²) in [5.41, 5.74) is 3.90. The third-order valence-electron chi connectivity index (χ3n) is 6.25. The molecular weight excluding hydrogens is 630 g/mol. The summed E-state index contributed by atoms with van der Waals surface area (Å²) in [6.07, 6.45) is 4.66. The zero-order valence-electron chi connectivity index (χ0n) is 23.1. The summed E-state index contributed by atoms with van der Waals surface area (Å²) in [4.78, 5) is 51.7. The second-order valence-corrected chi connectivity index (χ2v) is 11.0. The molecule has 13 heteroatoms. The van der Waals surface area contributed by atoms with Crippen LogP contribution >= 0.6 is 27.3 Å². The van der Waals surface area contributed by atoms with Gasteiger partial charge in [0.1, 0.15) is 10.8 Å². The van der Waals surface area contributed by atoms with Crippen LogP contribution in [-0.2, 0) is 27.2 Å². The maximum Gasteiger partial charge on any atom is 0.343 e. The van der Waals surface area contributed by atoms with E-state index in [4.69, 9.17) is 18.9 Å². The van der Waals surface area contributed by atoms with Gasteiger partial charge in [0.25, 0.3) is 0 Å². The molecule has 11 nitrogen and oxygen atoms in total. The van der Waals surface area contributed by atoms with Crippen LogP contribution in [0.5, 0.6) is 17.2 Å². The lowest BCUT2D eigenvalue weighted by atomic mass is 9.95. The zero-order valence-corrected chi connectivity index (χ0v) is 25.5. The van der Waals surface area contributed by atoms with Gasteiger partial charge in [-0.15, -0.1) is 11.3 Å². The van der Waals surface area contributed by atoms with E-state index >= 15 is 0 Å². The van der Waals surface area contributed by atoms with Crippen molar-refractivity contribution in [2.75, 3.05) is 26.1 Å². The Kier molecular flexibility index (Phi) is 10.3. The highest BCUT2D eigenvalue weighted by Crippen LogP contribution is 2.38. The van der Waals surface area contributed by atoms with Crippen LogP contribution in [0, 0.1) is 0 Å². The molecule has 0 aliphatic heterocycles. The first kappa shape index (κ1) is 30.7. The van der Waals surface area contributed by atoms with E-state index in [0.29, 0.717) is 33.5 Å². The molecule has 220 valence electrons. The SMILES string of the molecule is CCOC(=O)c1c(NC(=O)C(=O)N/N=C\c2cc(Br)ccc2OC(=O)c2ccc(OC)c(OC)c2)sc2c1CCCC2. The van der Waals surface area contributed by atoms with Gasteiger partial charge >= 0.3 is 23.8 Å². The van der Waals surface area contributed by atoms with Gasteiger partial charge in [-0.2, -0.15) is 5.10 Å². The van der Waals surface area contributed by atoms with E-state index in [2.05, 4.69) is 31.8 Å². The number of fused-ring (bicyclic) bond motifs is 1. The average Bonchev–Trinajstić information content (AvgIpc) is 3.35. The molecule has 42 heavy (non-hydrogen) atoms. The van der Waals surface area contributed by atoms with Crippen molar-refractivity contribution in [3.8, 4) is 17.2 Å². The van der Waals surface area contributed by atoms with Gasteiger partial charge in [0.15, 0.2) is 11.5 Å². The van der Waals surface area contributed by atoms with Crippen molar-refractivity contribution in [2.45, 2.75) is 32.6 Å². The summed E-state index contributed by atoms with van der Waals surface area (Å²) in [5.74, 6) is -2.26. The summed E-state index contributed by atoms with van der Waals surface area (Å²) in [7, 11) is 2.94. The molecule has 1 aliphatic carbocycles. The van der Waals surface area contributed by atoms with Gasteiger partial charge in [0, 0.05) is 14.9 Å². The topological polar surface area (TPSA) is 142 Å². The van der Waals surface area contributed by atoms with Gasteiger partial charge in [-0.1, -0.05) is 15.9 Å². The summed E-state index contributed by atoms with van der Waals surface area (Å²) in [5, 5.41) is 6.68. The van der Waals surface area contributed by atoms with E-state index in [9.17, 15) is 19.2 Å². The number of hydrogen-bond acceptors (Lipinski definition) is 10. The van der Waals surface area contributed by atoms with E-state index < -0.39 is 23.8 Å². The number of anilines is 1. The standard InChI is InChI=1S/C29H28BrN3O8S/c1-4-40-29(37)24-19-7-5-6-8-23(19)42-27(24)32-25(34)26(35)33-31-15-17-13-18(30)10-12-20(17)41-28(36)16-9-11-21(38-2)22(14-16)39-3/h9-15H,4-8H2,1-3H3,(H,32,34)(H,33,35)/b31-15-. The second kappa shape index (κ2) is 14.1. The molecule has 4 rings (SSSR count). The molecule has 0 saturated heterocycles. The number of halogens is 1. The fourth-order valence-corrected chi connectivity index (χ4v) is 5.93. The minimum atomic E-state index is -1.05. The third-order valence-corrected chi connectivity index (χ3v) is 7.95. The molecule has 0 fully saturated rings. The Hall–Kier alpha value is -4.23. The lowest BCUT2D eigenvalue weighted by molar-refractivity contribution is -0.136. The van der Waals surface area contributed by atoms with Crippen LogP contribution < -0.4 is 25.0 Å². The molecule has 0 unspecified atom stereocenters. The van der Waals surface area contributed by atoms with Crippen LogP contribution in [0.1, 0.15) is 56.5 Å². The van der Waals surface area contributed by atoms with Crippen LogP contribution in [0.2, 0.25) is 0 Å². The highest BCUT2D eigenvalue weighted by atomic mass is 79.9. The van der Waals surface area contributed by atoms with Crippen LogP contribution in [-0.4, -0.2) is 50.8 Å². The van der Waals surface area contributed by atoms with Gasteiger partial charge in [0.2, 0.25) is 0 Å². The highest BCUT2D eigenvalue weighted by molar-refractivity contribution is 9.10. The number of hydrogen-bond donors (Lipinski definition) is 2. The Morgan fingerprint density at radius 1 is 0.952 bits per heavy atom. The van der Waals surface area contributed by atoms with Crippen LogP contribution in [0.3, 0.4) is 0 Å². The predicted octanol–water partition coefficient (Wildman–Crippen LogP) is 4.89. The van der Waals surface area contributed by atoms with E-state index in [1.54, 1.807) is 31.2 Å². The molecular formula is C29H28BrN3O8S. The number of ether oxygens (including phenoxy) is 4. The molecule has 2 amide bonds. The predicted molar refractivity (Wildman–Crippen MR) is 160 cm³/mol. The summed E-state index contributed by atoms with van der Waals surface area (Å²) in [6.45, 7) is 1.89. The largest absolute Gasteiger partial charge is 0.493 e. The number of thiophene rings is 1. The van der Waals surface area contributed by atoms with E-state index in [0.717, 1.165) is 29.7 Å². The zero-order chi connectivity index (χ0) is 30.2. The molecule has 0 atom stereocenters. The number of benzene rings is 2. The Morgan fingerprint density at radius 2 is 1.69 bits per heavy atom. The number of carbonyl (C=O) groups excluding carboxylic acids is 4. The average molecular weight is 659 g/mol. The van der Waals surface area contributed by atoms with Crippen molar-refractivity contribution in [1.82, 2.24) is 5.43 Å². The van der Waals surface area contributed by atoms with E-state index in [-0.39, 0.29) is 22.9 Å². The van der Waals surface area contributed by atoms with Crippen molar-refractivity contribution in [1.29, 1.82) is 0 Å². The van der Waals surface area contributed by atoms with Crippen LogP contribution in [0.15, 0.2) is 46.0 Å². The van der Waals surface area contributed by atoms with Crippen molar-refractivity contribution < 1.29 is 38.1 Å².